The van der Waals surface area contributed by atoms with Crippen LogP contribution in [0.5, 0.6) is 5.75 Å². The van der Waals surface area contributed by atoms with Crippen LogP contribution in [-0.4, -0.2) is 37.0 Å². The lowest BCUT2D eigenvalue weighted by atomic mass is 10.1. The number of likely N-dealkylation sites (N-methyl/N-ethyl adjacent to an activating group) is 1. The molecule has 0 aliphatic carbocycles. The molecule has 4 nitrogen and oxygen atoms in total. The Balaban J connectivity index is 1.85. The van der Waals surface area contributed by atoms with Crippen molar-refractivity contribution in [3.63, 3.8) is 0 Å². The second-order valence-electron chi connectivity index (χ2n) is 6.19. The number of amides is 1. The molecule has 0 saturated carbocycles. The summed E-state index contributed by atoms with van der Waals surface area (Å²) in [4.78, 5) is 14.3. The summed E-state index contributed by atoms with van der Waals surface area (Å²) in [5.41, 5.74) is 2.79. The summed E-state index contributed by atoms with van der Waals surface area (Å²) >= 11 is 12.2. The topological polar surface area (TPSA) is 41.6 Å². The smallest absolute Gasteiger partial charge is 0.238 e. The standard InChI is InChI=1S/C20H24Cl2N2O2/c1-4-24(8-9-26-16-11-14(2)10-15(3)12-16)13-19(25)23-20-17(21)6-5-7-18(20)22/h5-7,10-12H,4,8-9,13H2,1-3H3,(H,23,25). The van der Waals surface area contributed by atoms with Gasteiger partial charge in [0.2, 0.25) is 5.91 Å². The number of nitrogens with zero attached hydrogens (tertiary/aromatic N) is 1. The Morgan fingerprint density at radius 1 is 1.12 bits per heavy atom. The molecule has 6 heteroatoms. The normalized spacial score (nSPS) is 10.8. The zero-order chi connectivity index (χ0) is 19.1. The van der Waals surface area contributed by atoms with Gasteiger partial charge in [-0.05, 0) is 55.8 Å². The van der Waals surface area contributed by atoms with Gasteiger partial charge in [-0.3, -0.25) is 9.69 Å². The molecule has 0 aliphatic rings. The van der Waals surface area contributed by atoms with E-state index >= 15 is 0 Å². The molecular formula is C20H24Cl2N2O2. The minimum absolute atomic E-state index is 0.159. The molecule has 0 aromatic heterocycles. The summed E-state index contributed by atoms with van der Waals surface area (Å²) in [6.45, 7) is 8.23. The maximum absolute atomic E-state index is 12.3. The minimum Gasteiger partial charge on any atom is -0.492 e. The first-order chi connectivity index (χ1) is 12.4. The number of rotatable bonds is 8. The third-order valence-corrected chi connectivity index (χ3v) is 4.54. The number of hydrogen-bond acceptors (Lipinski definition) is 3. The van der Waals surface area contributed by atoms with Crippen LogP contribution in [0.3, 0.4) is 0 Å². The summed E-state index contributed by atoms with van der Waals surface area (Å²) in [6, 6.07) is 11.2. The van der Waals surface area contributed by atoms with E-state index in [1.54, 1.807) is 18.2 Å². The number of ether oxygens (including phenoxy) is 1. The Morgan fingerprint density at radius 2 is 1.73 bits per heavy atom. The second-order valence-corrected chi connectivity index (χ2v) is 7.00. The fourth-order valence-corrected chi connectivity index (χ4v) is 3.15. The van der Waals surface area contributed by atoms with E-state index in [1.165, 1.54) is 11.1 Å². The van der Waals surface area contributed by atoms with Gasteiger partial charge < -0.3 is 10.1 Å². The molecule has 140 valence electrons. The summed E-state index contributed by atoms with van der Waals surface area (Å²) in [5.74, 6) is 0.694. The highest BCUT2D eigenvalue weighted by atomic mass is 35.5. The molecule has 2 aromatic carbocycles. The number of aryl methyl sites for hydroxylation is 2. The van der Waals surface area contributed by atoms with Gasteiger partial charge >= 0.3 is 0 Å². The zero-order valence-corrected chi connectivity index (χ0v) is 16.8. The van der Waals surface area contributed by atoms with Gasteiger partial charge in [0.15, 0.2) is 0 Å². The molecule has 0 aliphatic heterocycles. The molecule has 2 aromatic rings. The van der Waals surface area contributed by atoms with Crippen LogP contribution in [-0.2, 0) is 4.79 Å². The molecule has 0 spiro atoms. The van der Waals surface area contributed by atoms with Crippen molar-refractivity contribution in [2.75, 3.05) is 31.6 Å². The number of carbonyl (C=O) groups is 1. The third kappa shape index (κ3) is 6.20. The highest BCUT2D eigenvalue weighted by Crippen LogP contribution is 2.29. The monoisotopic (exact) mass is 394 g/mol. The Hall–Kier alpha value is -1.75. The number of halogens is 2. The maximum atomic E-state index is 12.3. The lowest BCUT2D eigenvalue weighted by Gasteiger charge is -2.20. The van der Waals surface area contributed by atoms with Gasteiger partial charge in [0.25, 0.3) is 0 Å². The van der Waals surface area contributed by atoms with Crippen molar-refractivity contribution in [1.82, 2.24) is 4.90 Å². The number of benzene rings is 2. The molecule has 0 unspecified atom stereocenters. The Labute approximate surface area is 165 Å². The lowest BCUT2D eigenvalue weighted by molar-refractivity contribution is -0.117. The van der Waals surface area contributed by atoms with Gasteiger partial charge in [0.1, 0.15) is 12.4 Å². The van der Waals surface area contributed by atoms with Crippen LogP contribution < -0.4 is 10.1 Å². The number of carbonyl (C=O) groups excluding carboxylic acids is 1. The number of hydrogen-bond donors (Lipinski definition) is 1. The van der Waals surface area contributed by atoms with Crippen LogP contribution in [0.4, 0.5) is 5.69 Å². The highest BCUT2D eigenvalue weighted by Gasteiger charge is 2.13. The van der Waals surface area contributed by atoms with Crippen molar-refractivity contribution >= 4 is 34.8 Å². The van der Waals surface area contributed by atoms with Gasteiger partial charge in [-0.1, -0.05) is 42.3 Å². The van der Waals surface area contributed by atoms with E-state index in [2.05, 4.69) is 11.4 Å². The van der Waals surface area contributed by atoms with Crippen molar-refractivity contribution in [2.45, 2.75) is 20.8 Å². The van der Waals surface area contributed by atoms with E-state index < -0.39 is 0 Å². The van der Waals surface area contributed by atoms with Gasteiger partial charge in [-0.2, -0.15) is 0 Å². The second kappa shape index (κ2) is 9.81. The van der Waals surface area contributed by atoms with Crippen molar-refractivity contribution in [3.05, 3.63) is 57.6 Å². The van der Waals surface area contributed by atoms with Gasteiger partial charge in [0, 0.05) is 6.54 Å². The first-order valence-corrected chi connectivity index (χ1v) is 9.32. The SMILES string of the molecule is CCN(CCOc1cc(C)cc(C)c1)CC(=O)Nc1c(Cl)cccc1Cl. The number of nitrogens with one attached hydrogen (secondary N) is 1. The Bertz CT molecular complexity index is 725. The molecule has 2 rings (SSSR count). The van der Waals surface area contributed by atoms with Crippen molar-refractivity contribution in [1.29, 1.82) is 0 Å². The highest BCUT2D eigenvalue weighted by molar-refractivity contribution is 6.39. The quantitative estimate of drug-likeness (QED) is 0.688. The average molecular weight is 395 g/mol. The van der Waals surface area contributed by atoms with Crippen LogP contribution in [0.1, 0.15) is 18.1 Å². The number of anilines is 1. The van der Waals surface area contributed by atoms with Crippen molar-refractivity contribution in [3.8, 4) is 5.75 Å². The first-order valence-electron chi connectivity index (χ1n) is 8.56. The molecule has 0 saturated heterocycles. The Kier molecular flexibility index (Phi) is 7.76. The molecule has 0 fully saturated rings. The molecule has 0 bridgehead atoms. The summed E-state index contributed by atoms with van der Waals surface area (Å²) in [5, 5.41) is 3.63. The molecule has 1 amide bonds. The molecular weight excluding hydrogens is 371 g/mol. The van der Waals surface area contributed by atoms with Crippen LogP contribution >= 0.6 is 23.2 Å². The maximum Gasteiger partial charge on any atom is 0.238 e. The first kappa shape index (κ1) is 20.6. The third-order valence-electron chi connectivity index (χ3n) is 3.91. The molecule has 0 radical (unpaired) electrons. The van der Waals surface area contributed by atoms with E-state index in [4.69, 9.17) is 27.9 Å². The van der Waals surface area contributed by atoms with Crippen LogP contribution in [0.25, 0.3) is 0 Å². The van der Waals surface area contributed by atoms with Crippen molar-refractivity contribution < 1.29 is 9.53 Å². The van der Waals surface area contributed by atoms with Gasteiger partial charge in [-0.25, -0.2) is 0 Å². The summed E-state index contributed by atoms with van der Waals surface area (Å²) < 4.78 is 5.82. The van der Waals surface area contributed by atoms with Crippen molar-refractivity contribution in [2.24, 2.45) is 0 Å². The fraction of sp³-hybridized carbons (Fsp3) is 0.350. The van der Waals surface area contributed by atoms with Gasteiger partial charge in [-0.15, -0.1) is 0 Å². The summed E-state index contributed by atoms with van der Waals surface area (Å²) in [6.07, 6.45) is 0. The number of para-hydroxylation sites is 1. The van der Waals surface area contributed by atoms with E-state index in [0.29, 0.717) is 28.9 Å². The van der Waals surface area contributed by atoms with Gasteiger partial charge in [0.05, 0.1) is 22.3 Å². The van der Waals surface area contributed by atoms with Crippen LogP contribution in [0, 0.1) is 13.8 Å². The predicted molar refractivity (Wildman–Crippen MR) is 109 cm³/mol. The van der Waals surface area contributed by atoms with E-state index in [-0.39, 0.29) is 12.5 Å². The largest absolute Gasteiger partial charge is 0.492 e. The van der Waals surface area contributed by atoms with E-state index in [0.717, 1.165) is 12.3 Å². The average Bonchev–Trinajstić information content (AvgIpc) is 2.56. The summed E-state index contributed by atoms with van der Waals surface area (Å²) in [7, 11) is 0. The Morgan fingerprint density at radius 3 is 2.31 bits per heavy atom. The van der Waals surface area contributed by atoms with E-state index in [9.17, 15) is 4.79 Å². The molecule has 1 N–H and O–H groups in total. The van der Waals surface area contributed by atoms with E-state index in [1.807, 2.05) is 37.8 Å². The minimum atomic E-state index is -0.159. The molecule has 0 heterocycles. The molecule has 0 atom stereocenters. The lowest BCUT2D eigenvalue weighted by Crippen LogP contribution is -2.36. The predicted octanol–water partition coefficient (Wildman–Crippen LogP) is 4.95. The molecule has 26 heavy (non-hydrogen) atoms. The van der Waals surface area contributed by atoms with Crippen LogP contribution in [0.2, 0.25) is 10.0 Å². The fourth-order valence-electron chi connectivity index (χ4n) is 2.66. The van der Waals surface area contributed by atoms with Crippen LogP contribution in [0.15, 0.2) is 36.4 Å². The zero-order valence-electron chi connectivity index (χ0n) is 15.3.